The van der Waals surface area contributed by atoms with Crippen molar-refractivity contribution in [3.8, 4) is 6.07 Å². The van der Waals surface area contributed by atoms with Gasteiger partial charge >= 0.3 is 0 Å². The highest BCUT2D eigenvalue weighted by atomic mass is 16.2. The topological polar surface area (TPSA) is 99.8 Å². The number of hydrogen-bond acceptors (Lipinski definition) is 4. The van der Waals surface area contributed by atoms with Crippen LogP contribution in [0.15, 0.2) is 0 Å². The number of aromatic nitrogens is 2. The predicted molar refractivity (Wildman–Crippen MR) is 91.2 cm³/mol. The lowest BCUT2D eigenvalue weighted by atomic mass is 10.1. The van der Waals surface area contributed by atoms with E-state index in [1.165, 1.54) is 0 Å². The summed E-state index contributed by atoms with van der Waals surface area (Å²) in [6.45, 7) is 10.1. The van der Waals surface area contributed by atoms with Gasteiger partial charge in [0.05, 0.1) is 31.3 Å². The Hall–Kier alpha value is -2.36. The van der Waals surface area contributed by atoms with Crippen molar-refractivity contribution in [3.05, 3.63) is 17.0 Å². The SMILES string of the molecule is Cc1nn(CCC#N)c(C)c1CCC(=O)NCC(=O)NC(C)(C)C. The molecule has 7 nitrogen and oxygen atoms in total. The van der Waals surface area contributed by atoms with Gasteiger partial charge in [0.15, 0.2) is 0 Å². The van der Waals surface area contributed by atoms with E-state index >= 15 is 0 Å². The lowest BCUT2D eigenvalue weighted by Crippen LogP contribution is -2.45. The highest BCUT2D eigenvalue weighted by Crippen LogP contribution is 2.15. The Morgan fingerprint density at radius 3 is 2.50 bits per heavy atom. The number of carbonyl (C=O) groups is 2. The molecule has 0 radical (unpaired) electrons. The summed E-state index contributed by atoms with van der Waals surface area (Å²) >= 11 is 0. The lowest BCUT2D eigenvalue weighted by molar-refractivity contribution is -0.126. The molecule has 0 atom stereocenters. The lowest BCUT2D eigenvalue weighted by Gasteiger charge is -2.20. The molecule has 24 heavy (non-hydrogen) atoms. The normalized spacial score (nSPS) is 11.0. The molecule has 1 aromatic rings. The maximum atomic E-state index is 11.9. The third-order valence-electron chi connectivity index (χ3n) is 3.53. The molecular weight excluding hydrogens is 306 g/mol. The molecule has 2 amide bonds. The Morgan fingerprint density at radius 1 is 1.25 bits per heavy atom. The van der Waals surface area contributed by atoms with E-state index in [-0.39, 0.29) is 23.9 Å². The van der Waals surface area contributed by atoms with Gasteiger partial charge < -0.3 is 10.6 Å². The summed E-state index contributed by atoms with van der Waals surface area (Å²) in [6.07, 6.45) is 1.27. The van der Waals surface area contributed by atoms with Crippen molar-refractivity contribution in [2.75, 3.05) is 6.54 Å². The fraction of sp³-hybridized carbons (Fsp3) is 0.647. The zero-order valence-electron chi connectivity index (χ0n) is 15.2. The molecule has 1 heterocycles. The van der Waals surface area contributed by atoms with Crippen molar-refractivity contribution in [2.24, 2.45) is 0 Å². The van der Waals surface area contributed by atoms with Crippen LogP contribution < -0.4 is 10.6 Å². The quantitative estimate of drug-likeness (QED) is 0.787. The van der Waals surface area contributed by atoms with Crippen LogP contribution in [0.1, 0.15) is 50.6 Å². The summed E-state index contributed by atoms with van der Waals surface area (Å²) in [4.78, 5) is 23.6. The molecule has 1 rings (SSSR count). The fourth-order valence-electron chi connectivity index (χ4n) is 2.44. The van der Waals surface area contributed by atoms with Crippen LogP contribution in [0.2, 0.25) is 0 Å². The van der Waals surface area contributed by atoms with Gasteiger partial charge in [0.1, 0.15) is 0 Å². The Labute approximate surface area is 143 Å². The average Bonchev–Trinajstić information content (AvgIpc) is 2.73. The van der Waals surface area contributed by atoms with Crippen LogP contribution in [0.3, 0.4) is 0 Å². The van der Waals surface area contributed by atoms with Gasteiger partial charge in [-0.3, -0.25) is 14.3 Å². The smallest absolute Gasteiger partial charge is 0.239 e. The van der Waals surface area contributed by atoms with E-state index in [9.17, 15) is 9.59 Å². The minimum Gasteiger partial charge on any atom is -0.350 e. The van der Waals surface area contributed by atoms with Crippen molar-refractivity contribution >= 4 is 11.8 Å². The van der Waals surface area contributed by atoms with E-state index in [2.05, 4.69) is 21.8 Å². The van der Waals surface area contributed by atoms with Crippen LogP contribution >= 0.6 is 0 Å². The van der Waals surface area contributed by atoms with Crippen molar-refractivity contribution in [3.63, 3.8) is 0 Å². The summed E-state index contributed by atoms with van der Waals surface area (Å²) < 4.78 is 1.81. The Balaban J connectivity index is 2.49. The molecule has 0 saturated heterocycles. The minimum atomic E-state index is -0.311. The molecule has 0 aromatic carbocycles. The zero-order chi connectivity index (χ0) is 18.3. The molecule has 0 spiro atoms. The monoisotopic (exact) mass is 333 g/mol. The summed E-state index contributed by atoms with van der Waals surface area (Å²) in [7, 11) is 0. The van der Waals surface area contributed by atoms with Crippen LogP contribution in [0.25, 0.3) is 0 Å². The second-order valence-electron chi connectivity index (χ2n) is 6.86. The second kappa shape index (κ2) is 8.48. The summed E-state index contributed by atoms with van der Waals surface area (Å²) in [5.74, 6) is -0.366. The molecular formula is C17H27N5O2. The van der Waals surface area contributed by atoms with E-state index in [0.717, 1.165) is 17.0 Å². The van der Waals surface area contributed by atoms with Crippen molar-refractivity contribution < 1.29 is 9.59 Å². The Bertz CT molecular complexity index is 635. The average molecular weight is 333 g/mol. The van der Waals surface area contributed by atoms with Gasteiger partial charge in [-0.2, -0.15) is 10.4 Å². The molecule has 132 valence electrons. The first-order valence-electron chi connectivity index (χ1n) is 8.11. The number of nitrogens with zero attached hydrogens (tertiary/aromatic N) is 3. The largest absolute Gasteiger partial charge is 0.350 e. The maximum Gasteiger partial charge on any atom is 0.239 e. The van der Waals surface area contributed by atoms with E-state index in [4.69, 9.17) is 5.26 Å². The van der Waals surface area contributed by atoms with Gasteiger partial charge in [0.2, 0.25) is 11.8 Å². The molecule has 0 bridgehead atoms. The summed E-state index contributed by atoms with van der Waals surface area (Å²) in [5.41, 5.74) is 2.58. The number of aryl methyl sites for hydroxylation is 2. The summed E-state index contributed by atoms with van der Waals surface area (Å²) in [6, 6.07) is 2.10. The van der Waals surface area contributed by atoms with Crippen LogP contribution in [0.4, 0.5) is 0 Å². The first-order valence-corrected chi connectivity index (χ1v) is 8.11. The van der Waals surface area contributed by atoms with Gasteiger partial charge in [0.25, 0.3) is 0 Å². The Morgan fingerprint density at radius 2 is 1.92 bits per heavy atom. The Kier molecular flexibility index (Phi) is 6.96. The second-order valence-corrected chi connectivity index (χ2v) is 6.86. The van der Waals surface area contributed by atoms with Crippen LogP contribution in [-0.4, -0.2) is 33.7 Å². The standard InChI is InChI=1S/C17H27N5O2/c1-12-14(13(2)22(21-12)10-6-9-18)7-8-15(23)19-11-16(24)20-17(3,4)5/h6-8,10-11H2,1-5H3,(H,19,23)(H,20,24). The number of amides is 2. The number of nitriles is 1. The zero-order valence-corrected chi connectivity index (χ0v) is 15.2. The number of carbonyl (C=O) groups excluding carboxylic acids is 2. The third-order valence-corrected chi connectivity index (χ3v) is 3.53. The van der Waals surface area contributed by atoms with Gasteiger partial charge in [-0.05, 0) is 46.6 Å². The number of hydrogen-bond donors (Lipinski definition) is 2. The molecule has 0 fully saturated rings. The molecule has 7 heteroatoms. The van der Waals surface area contributed by atoms with Crippen molar-refractivity contribution in [2.45, 2.75) is 66.0 Å². The first-order chi connectivity index (χ1) is 11.1. The molecule has 0 unspecified atom stereocenters. The van der Waals surface area contributed by atoms with E-state index in [1.54, 1.807) is 0 Å². The molecule has 0 aliphatic carbocycles. The van der Waals surface area contributed by atoms with Gasteiger partial charge in [-0.1, -0.05) is 0 Å². The maximum absolute atomic E-state index is 11.9. The van der Waals surface area contributed by atoms with Gasteiger partial charge in [0, 0.05) is 17.7 Å². The van der Waals surface area contributed by atoms with Crippen molar-refractivity contribution in [1.29, 1.82) is 5.26 Å². The highest BCUT2D eigenvalue weighted by molar-refractivity contribution is 5.85. The van der Waals surface area contributed by atoms with Gasteiger partial charge in [-0.25, -0.2) is 0 Å². The van der Waals surface area contributed by atoms with Gasteiger partial charge in [-0.15, -0.1) is 0 Å². The van der Waals surface area contributed by atoms with Crippen LogP contribution in [-0.2, 0) is 22.6 Å². The predicted octanol–water partition coefficient (Wildman–Crippen LogP) is 1.38. The third kappa shape index (κ3) is 6.41. The minimum absolute atomic E-state index is 0.0184. The summed E-state index contributed by atoms with van der Waals surface area (Å²) in [5, 5.41) is 18.5. The molecule has 0 aliphatic rings. The van der Waals surface area contributed by atoms with E-state index in [0.29, 0.717) is 25.8 Å². The van der Waals surface area contributed by atoms with Crippen LogP contribution in [0.5, 0.6) is 0 Å². The molecule has 0 aliphatic heterocycles. The fourth-order valence-corrected chi connectivity index (χ4v) is 2.44. The van der Waals surface area contributed by atoms with Crippen molar-refractivity contribution in [1.82, 2.24) is 20.4 Å². The molecule has 2 N–H and O–H groups in total. The van der Waals surface area contributed by atoms with E-state index in [1.807, 2.05) is 39.3 Å². The van der Waals surface area contributed by atoms with Crippen LogP contribution in [0, 0.1) is 25.2 Å². The van der Waals surface area contributed by atoms with E-state index < -0.39 is 0 Å². The highest BCUT2D eigenvalue weighted by Gasteiger charge is 2.15. The first kappa shape index (κ1) is 19.7. The number of rotatable bonds is 7. The molecule has 0 saturated carbocycles. The molecule has 1 aromatic heterocycles. The number of nitrogens with one attached hydrogen (secondary N) is 2.